The van der Waals surface area contributed by atoms with Crippen molar-refractivity contribution in [3.8, 4) is 17.6 Å². The summed E-state index contributed by atoms with van der Waals surface area (Å²) in [5.74, 6) is 0.459. The average molecular weight is 275 g/mol. The molecule has 0 amide bonds. The number of carbonyl (C=O) groups excluding carboxylic acids is 1. The molecule has 0 bridgehead atoms. The van der Waals surface area contributed by atoms with Crippen LogP contribution in [0.25, 0.3) is 6.08 Å². The smallest absolute Gasteiger partial charge is 0.349 e. The summed E-state index contributed by atoms with van der Waals surface area (Å²) in [6.45, 7) is 3.45. The zero-order valence-corrected chi connectivity index (χ0v) is 12.0. The van der Waals surface area contributed by atoms with Crippen molar-refractivity contribution >= 4 is 12.0 Å². The van der Waals surface area contributed by atoms with Gasteiger partial charge in [-0.25, -0.2) is 4.79 Å². The van der Waals surface area contributed by atoms with Gasteiger partial charge in [-0.15, -0.1) is 0 Å². The number of hydrogen-bond donors (Lipinski definition) is 0. The van der Waals surface area contributed by atoms with Crippen molar-refractivity contribution in [1.29, 1.82) is 5.26 Å². The van der Waals surface area contributed by atoms with E-state index in [4.69, 9.17) is 19.5 Å². The van der Waals surface area contributed by atoms with Gasteiger partial charge >= 0.3 is 5.97 Å². The van der Waals surface area contributed by atoms with Crippen molar-refractivity contribution in [2.45, 2.75) is 20.0 Å². The molecular formula is C15H17NO4. The second kappa shape index (κ2) is 7.19. The van der Waals surface area contributed by atoms with E-state index in [9.17, 15) is 4.79 Å². The maximum atomic E-state index is 11.7. The number of nitriles is 1. The summed E-state index contributed by atoms with van der Waals surface area (Å²) in [7, 11) is 3.05. The first-order valence-corrected chi connectivity index (χ1v) is 6.06. The summed E-state index contributed by atoms with van der Waals surface area (Å²) in [5, 5.41) is 9.02. The van der Waals surface area contributed by atoms with E-state index in [2.05, 4.69) is 0 Å². The molecule has 5 heteroatoms. The first-order valence-electron chi connectivity index (χ1n) is 6.06. The molecule has 0 N–H and O–H groups in total. The van der Waals surface area contributed by atoms with Gasteiger partial charge in [0.2, 0.25) is 0 Å². The van der Waals surface area contributed by atoms with Crippen LogP contribution in [0.5, 0.6) is 11.5 Å². The summed E-state index contributed by atoms with van der Waals surface area (Å²) < 4.78 is 15.3. The standard InChI is InChI=1S/C15H17NO4/c1-10(2)20-15(17)12(9-16)7-11-5-6-13(18-3)14(8-11)19-4/h5-8,10H,1-4H3/b12-7+. The van der Waals surface area contributed by atoms with Crippen molar-refractivity contribution in [2.24, 2.45) is 0 Å². The Morgan fingerprint density at radius 2 is 1.90 bits per heavy atom. The number of ether oxygens (including phenoxy) is 3. The summed E-state index contributed by atoms with van der Waals surface area (Å²) in [5.41, 5.74) is 0.589. The predicted molar refractivity (Wildman–Crippen MR) is 74.4 cm³/mol. The molecule has 0 fully saturated rings. The predicted octanol–water partition coefficient (Wildman–Crippen LogP) is 2.56. The highest BCUT2D eigenvalue weighted by Crippen LogP contribution is 2.28. The Morgan fingerprint density at radius 3 is 2.40 bits per heavy atom. The van der Waals surface area contributed by atoms with Crippen LogP contribution in [0.3, 0.4) is 0 Å². The van der Waals surface area contributed by atoms with E-state index in [1.165, 1.54) is 20.3 Å². The minimum absolute atomic E-state index is 0.0640. The lowest BCUT2D eigenvalue weighted by molar-refractivity contribution is -0.142. The summed E-state index contributed by atoms with van der Waals surface area (Å²) >= 11 is 0. The summed E-state index contributed by atoms with van der Waals surface area (Å²) in [6.07, 6.45) is 1.18. The van der Waals surface area contributed by atoms with Crippen molar-refractivity contribution in [2.75, 3.05) is 14.2 Å². The number of rotatable bonds is 5. The molecule has 0 radical (unpaired) electrons. The van der Waals surface area contributed by atoms with Gasteiger partial charge in [-0.05, 0) is 37.6 Å². The Bertz CT molecular complexity index is 555. The van der Waals surface area contributed by atoms with Crippen LogP contribution in [0, 0.1) is 11.3 Å². The molecule has 0 aliphatic carbocycles. The van der Waals surface area contributed by atoms with Gasteiger partial charge in [-0.2, -0.15) is 5.26 Å². The lowest BCUT2D eigenvalue weighted by Crippen LogP contribution is -2.12. The number of methoxy groups -OCH3 is 2. The maximum Gasteiger partial charge on any atom is 0.349 e. The molecular weight excluding hydrogens is 258 g/mol. The molecule has 1 aromatic rings. The van der Waals surface area contributed by atoms with Crippen molar-refractivity contribution in [3.05, 3.63) is 29.3 Å². The number of benzene rings is 1. The number of nitrogens with zero attached hydrogens (tertiary/aromatic N) is 1. The SMILES string of the molecule is COc1ccc(/C=C(\C#N)C(=O)OC(C)C)cc1OC. The van der Waals surface area contributed by atoms with Gasteiger partial charge < -0.3 is 14.2 Å². The Kier molecular flexibility index (Phi) is 5.60. The quantitative estimate of drug-likeness (QED) is 0.469. The van der Waals surface area contributed by atoms with E-state index in [0.717, 1.165) is 0 Å². The van der Waals surface area contributed by atoms with E-state index >= 15 is 0 Å². The van der Waals surface area contributed by atoms with Crippen molar-refractivity contribution < 1.29 is 19.0 Å². The fraction of sp³-hybridized carbons (Fsp3) is 0.333. The average Bonchev–Trinajstić information content (AvgIpc) is 2.43. The normalized spacial score (nSPS) is 10.9. The van der Waals surface area contributed by atoms with Crippen molar-refractivity contribution in [3.63, 3.8) is 0 Å². The highest BCUT2D eigenvalue weighted by molar-refractivity contribution is 5.98. The van der Waals surface area contributed by atoms with E-state index < -0.39 is 5.97 Å². The van der Waals surface area contributed by atoms with Crippen LogP contribution in [0.15, 0.2) is 23.8 Å². The van der Waals surface area contributed by atoms with Crippen molar-refractivity contribution in [1.82, 2.24) is 0 Å². The summed E-state index contributed by atoms with van der Waals surface area (Å²) in [6, 6.07) is 6.94. The molecule has 0 aliphatic heterocycles. The first kappa shape index (κ1) is 15.6. The lowest BCUT2D eigenvalue weighted by atomic mass is 10.1. The molecule has 0 heterocycles. The molecule has 1 aromatic carbocycles. The molecule has 0 saturated carbocycles. The number of esters is 1. The third kappa shape index (κ3) is 4.02. The van der Waals surface area contributed by atoms with E-state index in [1.807, 2.05) is 6.07 Å². The van der Waals surface area contributed by atoms with Crippen LogP contribution in [0.2, 0.25) is 0 Å². The maximum absolute atomic E-state index is 11.7. The van der Waals surface area contributed by atoms with Crippen LogP contribution in [-0.4, -0.2) is 26.3 Å². The van der Waals surface area contributed by atoms with Gasteiger partial charge in [-0.1, -0.05) is 6.07 Å². The lowest BCUT2D eigenvalue weighted by Gasteiger charge is -2.09. The highest BCUT2D eigenvalue weighted by atomic mass is 16.5. The third-order valence-electron chi connectivity index (χ3n) is 2.40. The van der Waals surface area contributed by atoms with Crippen LogP contribution in [-0.2, 0) is 9.53 Å². The van der Waals surface area contributed by atoms with Crippen LogP contribution in [0.4, 0.5) is 0 Å². The van der Waals surface area contributed by atoms with E-state index in [0.29, 0.717) is 17.1 Å². The Labute approximate surface area is 118 Å². The molecule has 20 heavy (non-hydrogen) atoms. The third-order valence-corrected chi connectivity index (χ3v) is 2.40. The first-order chi connectivity index (χ1) is 9.51. The molecule has 0 aromatic heterocycles. The van der Waals surface area contributed by atoms with E-state index in [1.54, 1.807) is 32.0 Å². The fourth-order valence-electron chi connectivity index (χ4n) is 1.52. The molecule has 0 aliphatic rings. The Balaban J connectivity index is 3.08. The number of carbonyl (C=O) groups is 1. The Hall–Kier alpha value is -2.48. The molecule has 1 rings (SSSR count). The van der Waals surface area contributed by atoms with E-state index in [-0.39, 0.29) is 11.7 Å². The molecule has 106 valence electrons. The fourth-order valence-corrected chi connectivity index (χ4v) is 1.52. The minimum Gasteiger partial charge on any atom is -0.493 e. The van der Waals surface area contributed by atoms with Gasteiger partial charge in [-0.3, -0.25) is 0 Å². The van der Waals surface area contributed by atoms with Gasteiger partial charge in [0, 0.05) is 0 Å². The van der Waals surface area contributed by atoms with Gasteiger partial charge in [0.1, 0.15) is 11.6 Å². The molecule has 0 spiro atoms. The van der Waals surface area contributed by atoms with Crippen LogP contribution >= 0.6 is 0 Å². The molecule has 0 saturated heterocycles. The number of hydrogen-bond acceptors (Lipinski definition) is 5. The zero-order chi connectivity index (χ0) is 15.1. The molecule has 5 nitrogen and oxygen atoms in total. The minimum atomic E-state index is -0.641. The van der Waals surface area contributed by atoms with Gasteiger partial charge in [0.15, 0.2) is 11.5 Å². The van der Waals surface area contributed by atoms with Gasteiger partial charge in [0.05, 0.1) is 20.3 Å². The zero-order valence-electron chi connectivity index (χ0n) is 12.0. The van der Waals surface area contributed by atoms with Crippen LogP contribution in [0.1, 0.15) is 19.4 Å². The highest BCUT2D eigenvalue weighted by Gasteiger charge is 2.13. The Morgan fingerprint density at radius 1 is 1.25 bits per heavy atom. The summed E-state index contributed by atoms with van der Waals surface area (Å²) in [4.78, 5) is 11.7. The molecule has 0 atom stereocenters. The second-order valence-electron chi connectivity index (χ2n) is 4.24. The topological polar surface area (TPSA) is 68.5 Å². The second-order valence-corrected chi connectivity index (χ2v) is 4.24. The van der Waals surface area contributed by atoms with Crippen LogP contribution < -0.4 is 9.47 Å². The monoisotopic (exact) mass is 275 g/mol. The van der Waals surface area contributed by atoms with Gasteiger partial charge in [0.25, 0.3) is 0 Å². The largest absolute Gasteiger partial charge is 0.493 e. The molecule has 0 unspecified atom stereocenters.